The van der Waals surface area contributed by atoms with Crippen molar-refractivity contribution in [2.75, 3.05) is 17.7 Å². The Morgan fingerprint density at radius 1 is 1.07 bits per heavy atom. The van der Waals surface area contributed by atoms with Gasteiger partial charge in [-0.1, -0.05) is 11.6 Å². The summed E-state index contributed by atoms with van der Waals surface area (Å²) in [5, 5.41) is 11.6. The number of sulfone groups is 1. The molecule has 0 aromatic heterocycles. The number of rotatable bonds is 7. The topological polar surface area (TPSA) is 113 Å². The monoisotopic (exact) mass is 406 g/mol. The fourth-order valence-electron chi connectivity index (χ4n) is 2.02. The summed E-state index contributed by atoms with van der Waals surface area (Å²) >= 11 is 5.71. The third kappa shape index (κ3) is 6.40. The summed E-state index contributed by atoms with van der Waals surface area (Å²) in [5.41, 5.74) is 0.890. The molecule has 0 heterocycles. The molecule has 0 fully saturated rings. The normalized spacial score (nSPS) is 10.7. The van der Waals surface area contributed by atoms with Gasteiger partial charge in [0.25, 0.3) is 5.91 Å². The number of halogens is 1. The van der Waals surface area contributed by atoms with E-state index in [2.05, 4.69) is 5.32 Å². The fourth-order valence-corrected chi connectivity index (χ4v) is 3.37. The van der Waals surface area contributed by atoms with Crippen molar-refractivity contribution < 1.29 is 22.7 Å². The highest BCUT2D eigenvalue weighted by Gasteiger charge is 2.17. The van der Waals surface area contributed by atoms with Crippen LogP contribution in [0.25, 0.3) is 0 Å². The number of carbonyl (C=O) groups excluding carboxylic acids is 2. The van der Waals surface area contributed by atoms with Crippen molar-refractivity contribution in [3.63, 3.8) is 0 Å². The second-order valence-corrected chi connectivity index (χ2v) is 7.97. The van der Waals surface area contributed by atoms with Crippen LogP contribution in [0.3, 0.4) is 0 Å². The van der Waals surface area contributed by atoms with Crippen LogP contribution in [0.15, 0.2) is 53.4 Å². The number of nitrogens with one attached hydrogen (secondary N) is 1. The molecule has 2 aromatic rings. The van der Waals surface area contributed by atoms with Crippen molar-refractivity contribution in [1.29, 1.82) is 5.26 Å². The second kappa shape index (κ2) is 9.16. The van der Waals surface area contributed by atoms with Gasteiger partial charge in [0.2, 0.25) is 0 Å². The van der Waals surface area contributed by atoms with E-state index in [0.29, 0.717) is 16.3 Å². The number of nitriles is 1. The van der Waals surface area contributed by atoms with Gasteiger partial charge >= 0.3 is 5.97 Å². The predicted molar refractivity (Wildman–Crippen MR) is 98.9 cm³/mol. The van der Waals surface area contributed by atoms with Crippen molar-refractivity contribution >= 4 is 39.0 Å². The van der Waals surface area contributed by atoms with Gasteiger partial charge in [-0.05, 0) is 48.5 Å². The fraction of sp³-hybridized carbons (Fsp3) is 0.167. The van der Waals surface area contributed by atoms with Gasteiger partial charge in [0, 0.05) is 10.7 Å². The third-order valence-corrected chi connectivity index (χ3v) is 5.39. The molecule has 0 saturated carbocycles. The molecule has 0 unspecified atom stereocenters. The van der Waals surface area contributed by atoms with Crippen LogP contribution in [0, 0.1) is 11.3 Å². The van der Waals surface area contributed by atoms with Crippen molar-refractivity contribution in [3.8, 4) is 6.07 Å². The highest BCUT2D eigenvalue weighted by Crippen LogP contribution is 2.16. The van der Waals surface area contributed by atoms with Crippen molar-refractivity contribution in [2.24, 2.45) is 0 Å². The average Bonchev–Trinajstić information content (AvgIpc) is 2.66. The van der Waals surface area contributed by atoms with Crippen LogP contribution in [0.1, 0.15) is 12.0 Å². The summed E-state index contributed by atoms with van der Waals surface area (Å²) in [7, 11) is -3.65. The van der Waals surface area contributed by atoms with E-state index in [1.165, 1.54) is 48.5 Å². The van der Waals surface area contributed by atoms with Crippen LogP contribution in [-0.4, -0.2) is 32.7 Å². The van der Waals surface area contributed by atoms with E-state index in [0.717, 1.165) is 0 Å². The van der Waals surface area contributed by atoms with Gasteiger partial charge in [-0.2, -0.15) is 5.26 Å². The number of anilines is 1. The number of hydrogen-bond acceptors (Lipinski definition) is 6. The number of carbonyl (C=O) groups is 2. The molecule has 27 heavy (non-hydrogen) atoms. The van der Waals surface area contributed by atoms with Gasteiger partial charge in [-0.3, -0.25) is 9.59 Å². The Balaban J connectivity index is 1.79. The largest absolute Gasteiger partial charge is 0.456 e. The Labute approximate surface area is 161 Å². The molecule has 0 radical (unpaired) electrons. The highest BCUT2D eigenvalue weighted by molar-refractivity contribution is 7.91. The molecule has 0 spiro atoms. The van der Waals surface area contributed by atoms with Crippen LogP contribution in [0.2, 0.25) is 5.02 Å². The lowest BCUT2D eigenvalue weighted by molar-refractivity contribution is -0.146. The minimum absolute atomic E-state index is 0.0539. The molecule has 0 atom stereocenters. The van der Waals surface area contributed by atoms with Gasteiger partial charge in [0.1, 0.15) is 0 Å². The number of amides is 1. The van der Waals surface area contributed by atoms with Gasteiger partial charge in [0.05, 0.1) is 28.7 Å². The number of benzene rings is 2. The molecule has 0 aliphatic rings. The lowest BCUT2D eigenvalue weighted by Gasteiger charge is -2.07. The molecule has 0 aliphatic heterocycles. The molecule has 0 saturated heterocycles. The van der Waals surface area contributed by atoms with E-state index in [1.807, 2.05) is 6.07 Å². The SMILES string of the molecule is N#Cc1ccc(NC(=O)COC(=O)CCS(=O)(=O)c2ccc(Cl)cc2)cc1. The summed E-state index contributed by atoms with van der Waals surface area (Å²) in [5.74, 6) is -1.82. The zero-order valence-electron chi connectivity index (χ0n) is 14.0. The molecule has 7 nitrogen and oxygen atoms in total. The van der Waals surface area contributed by atoms with Gasteiger partial charge in [0.15, 0.2) is 16.4 Å². The minimum Gasteiger partial charge on any atom is -0.456 e. The van der Waals surface area contributed by atoms with Gasteiger partial charge in [-0.15, -0.1) is 0 Å². The highest BCUT2D eigenvalue weighted by atomic mass is 35.5. The molecule has 1 N–H and O–H groups in total. The number of esters is 1. The molecular weight excluding hydrogens is 392 g/mol. The number of ether oxygens (including phenoxy) is 1. The second-order valence-electron chi connectivity index (χ2n) is 5.42. The Morgan fingerprint density at radius 2 is 1.70 bits per heavy atom. The minimum atomic E-state index is -3.65. The first-order valence-electron chi connectivity index (χ1n) is 7.74. The summed E-state index contributed by atoms with van der Waals surface area (Å²) in [4.78, 5) is 23.5. The summed E-state index contributed by atoms with van der Waals surface area (Å²) in [6.07, 6.45) is -0.380. The average molecular weight is 407 g/mol. The third-order valence-electron chi connectivity index (χ3n) is 3.41. The van der Waals surface area contributed by atoms with E-state index in [9.17, 15) is 18.0 Å². The number of hydrogen-bond donors (Lipinski definition) is 1. The maximum Gasteiger partial charge on any atom is 0.307 e. The standard InChI is InChI=1S/C18H15ClN2O5S/c19-14-3-7-16(8-4-14)27(24,25)10-9-18(23)26-12-17(22)21-15-5-1-13(11-20)2-6-15/h1-8H,9-10,12H2,(H,21,22). The molecule has 1 amide bonds. The van der Waals surface area contributed by atoms with Crippen molar-refractivity contribution in [2.45, 2.75) is 11.3 Å². The maximum absolute atomic E-state index is 12.1. The maximum atomic E-state index is 12.1. The lowest BCUT2D eigenvalue weighted by Crippen LogP contribution is -2.22. The van der Waals surface area contributed by atoms with E-state index in [1.54, 1.807) is 0 Å². The quantitative estimate of drug-likeness (QED) is 0.707. The smallest absolute Gasteiger partial charge is 0.307 e. The Kier molecular flexibility index (Phi) is 6.93. The summed E-state index contributed by atoms with van der Waals surface area (Å²) in [6, 6.07) is 13.7. The first-order valence-corrected chi connectivity index (χ1v) is 9.77. The van der Waals surface area contributed by atoms with Crippen molar-refractivity contribution in [3.05, 3.63) is 59.1 Å². The molecule has 2 rings (SSSR count). The molecule has 9 heteroatoms. The van der Waals surface area contributed by atoms with E-state index >= 15 is 0 Å². The first kappa shape index (κ1) is 20.4. The summed E-state index contributed by atoms with van der Waals surface area (Å²) < 4.78 is 29.0. The molecule has 2 aromatic carbocycles. The zero-order chi connectivity index (χ0) is 19.9. The van der Waals surface area contributed by atoms with E-state index in [-0.39, 0.29) is 11.3 Å². The van der Waals surface area contributed by atoms with Gasteiger partial charge in [-0.25, -0.2) is 8.42 Å². The van der Waals surface area contributed by atoms with Crippen LogP contribution in [0.4, 0.5) is 5.69 Å². The van der Waals surface area contributed by atoms with Crippen molar-refractivity contribution in [1.82, 2.24) is 0 Å². The molecule has 0 aliphatic carbocycles. The van der Waals surface area contributed by atoms with Crippen LogP contribution >= 0.6 is 11.6 Å². The number of nitrogens with zero attached hydrogens (tertiary/aromatic N) is 1. The van der Waals surface area contributed by atoms with Gasteiger partial charge < -0.3 is 10.1 Å². The summed E-state index contributed by atoms with van der Waals surface area (Å²) in [6.45, 7) is -0.542. The predicted octanol–water partition coefficient (Wildman–Crippen LogP) is 2.56. The van der Waals surface area contributed by atoms with Crippen LogP contribution in [-0.2, 0) is 24.2 Å². The molecular formula is C18H15ClN2O5S. The van der Waals surface area contributed by atoms with Crippen LogP contribution < -0.4 is 5.32 Å². The Morgan fingerprint density at radius 3 is 2.30 bits per heavy atom. The molecule has 0 bridgehead atoms. The Bertz CT molecular complexity index is 964. The molecule has 140 valence electrons. The lowest BCUT2D eigenvalue weighted by atomic mass is 10.2. The Hall–Kier alpha value is -2.89. The zero-order valence-corrected chi connectivity index (χ0v) is 15.6. The van der Waals surface area contributed by atoms with E-state index < -0.39 is 34.1 Å². The van der Waals surface area contributed by atoms with E-state index in [4.69, 9.17) is 21.6 Å². The first-order chi connectivity index (χ1) is 12.8. The van der Waals surface area contributed by atoms with Crippen LogP contribution in [0.5, 0.6) is 0 Å².